The number of hydrogen-bond donors (Lipinski definition) is 0. The Balaban J connectivity index is 1.50. The molecule has 5 aromatic rings. The Labute approximate surface area is 269 Å². The summed E-state index contributed by atoms with van der Waals surface area (Å²) in [6.45, 7) is 0.465. The number of carbonyl (C=O) groups is 1. The molecular formula is C27H24B3BrF4N4O5S. The van der Waals surface area contributed by atoms with Crippen LogP contribution in [0.15, 0.2) is 63.9 Å². The fraction of sp³-hybridized carbons (Fsp3) is 0.259. The highest BCUT2D eigenvalue weighted by molar-refractivity contribution is 9.10. The number of halogens is 5. The van der Waals surface area contributed by atoms with Crippen LogP contribution in [0.1, 0.15) is 24.0 Å². The van der Waals surface area contributed by atoms with Gasteiger partial charge in [0, 0.05) is 18.1 Å². The number of nitrogens with zero attached hydrogens (tertiary/aromatic N) is 4. The van der Waals surface area contributed by atoms with E-state index in [-0.39, 0.29) is 23.9 Å². The fourth-order valence-corrected chi connectivity index (χ4v) is 6.75. The minimum atomic E-state index is -4.48. The van der Waals surface area contributed by atoms with Crippen molar-refractivity contribution in [3.63, 3.8) is 0 Å². The predicted molar refractivity (Wildman–Crippen MR) is 169 cm³/mol. The smallest absolute Gasteiger partial charge is 0.408 e. The van der Waals surface area contributed by atoms with Crippen LogP contribution in [0, 0.1) is 6.01 Å². The molecule has 0 saturated carbocycles. The first kappa shape index (κ1) is 32.6. The van der Waals surface area contributed by atoms with Crippen LogP contribution in [0.5, 0.6) is 11.6 Å². The first-order chi connectivity index (χ1) is 21.3. The first-order valence-electron chi connectivity index (χ1n) is 13.7. The van der Waals surface area contributed by atoms with Crippen molar-refractivity contribution in [2.45, 2.75) is 37.0 Å². The Morgan fingerprint density at radius 1 is 1.16 bits per heavy atom. The molecule has 0 unspecified atom stereocenters. The average molecular weight is 705 g/mol. The van der Waals surface area contributed by atoms with Crippen molar-refractivity contribution in [2.24, 2.45) is 0 Å². The third-order valence-corrected chi connectivity index (χ3v) is 9.01. The molecule has 0 radical (unpaired) electrons. The highest BCUT2D eigenvalue weighted by atomic mass is 79.9. The second-order valence-electron chi connectivity index (χ2n) is 10.4. The quantitative estimate of drug-likeness (QED) is 0.117. The Bertz CT molecular complexity index is 1830. The Kier molecular flexibility index (Phi) is 9.35. The molecule has 2 atom stereocenters. The van der Waals surface area contributed by atoms with E-state index < -0.39 is 42.0 Å². The molecule has 18 heteroatoms. The lowest BCUT2D eigenvalue weighted by molar-refractivity contribution is -0.151. The molecule has 4 heterocycles. The number of carbonyl (C=O) groups excluding carboxylic acids is 1. The normalized spacial score (nSPS) is 13.5. The molecule has 0 aliphatic heterocycles. The zero-order valence-corrected chi connectivity index (χ0v) is 26.8. The lowest BCUT2D eigenvalue weighted by Crippen LogP contribution is -2.39. The molecule has 0 fully saturated rings. The van der Waals surface area contributed by atoms with E-state index in [9.17, 15) is 22.4 Å². The Morgan fingerprint density at radius 3 is 2.60 bits per heavy atom. The van der Waals surface area contributed by atoms with Gasteiger partial charge in [-0.15, -0.1) is 11.3 Å². The van der Waals surface area contributed by atoms with Crippen LogP contribution in [-0.2, 0) is 21.5 Å². The van der Waals surface area contributed by atoms with E-state index in [1.165, 1.54) is 42.1 Å². The third-order valence-electron chi connectivity index (χ3n) is 6.84. The van der Waals surface area contributed by atoms with Gasteiger partial charge in [-0.3, -0.25) is 4.68 Å². The summed E-state index contributed by atoms with van der Waals surface area (Å²) in [5.41, 5.74) is 0.741. The molecular weight excluding hydrogens is 681 g/mol. The van der Waals surface area contributed by atoms with Gasteiger partial charge in [0.2, 0.25) is 5.88 Å². The number of rotatable bonds is 11. The molecule has 0 saturated heterocycles. The van der Waals surface area contributed by atoms with Crippen LogP contribution in [-0.4, -0.2) is 68.1 Å². The number of benzene rings is 1. The van der Waals surface area contributed by atoms with Crippen molar-refractivity contribution in [1.82, 2.24) is 19.7 Å². The summed E-state index contributed by atoms with van der Waals surface area (Å²) in [5.74, 6) is -0.708. The van der Waals surface area contributed by atoms with Crippen LogP contribution in [0.25, 0.3) is 20.9 Å². The molecule has 4 aromatic heterocycles. The lowest BCUT2D eigenvalue weighted by atomic mass is 9.63. The first-order valence-corrected chi connectivity index (χ1v) is 15.3. The SMILES string of the molecule is B[C@@H](c1ccccc1OC(B)(B)c1ccnn1CC(F)(F)F)[C@@H](Oc1ncnc2sc(-c3ccc(F)o3)c(Br)c12)C(=O)OCC. The van der Waals surface area contributed by atoms with Gasteiger partial charge in [0.05, 0.1) is 32.4 Å². The van der Waals surface area contributed by atoms with Gasteiger partial charge in [-0.25, -0.2) is 14.8 Å². The van der Waals surface area contributed by atoms with Gasteiger partial charge in [-0.1, -0.05) is 18.2 Å². The standard InChI is InChI=1S/C27H24B3BrF4N4O5S/c1-2-41-25(40)21(43-23-18-20(31)22(15-7-8-17(32)42-15)45-24(18)37-12-36-23)19(28)13-5-3-4-6-14(13)44-27(29,30)16-9-10-38-39(16)11-26(33,34)35/h3-10,12,19,21H,2,11,28-30H2,1H3/t19-,21+/m0/s1. The fourth-order valence-electron chi connectivity index (χ4n) is 4.84. The van der Waals surface area contributed by atoms with E-state index in [4.69, 9.17) is 18.6 Å². The summed E-state index contributed by atoms with van der Waals surface area (Å²) in [7, 11) is 5.00. The molecule has 0 spiro atoms. The topological polar surface area (TPSA) is 102 Å². The van der Waals surface area contributed by atoms with E-state index in [0.29, 0.717) is 30.9 Å². The van der Waals surface area contributed by atoms with E-state index in [0.717, 1.165) is 4.68 Å². The number of esters is 1. The van der Waals surface area contributed by atoms with Gasteiger partial charge in [0.1, 0.15) is 37.1 Å². The Hall–Kier alpha value is -3.79. The number of aromatic nitrogens is 4. The van der Waals surface area contributed by atoms with Gasteiger partial charge < -0.3 is 18.6 Å². The number of thiophene rings is 1. The van der Waals surface area contributed by atoms with Gasteiger partial charge in [-0.05, 0) is 46.6 Å². The maximum Gasteiger partial charge on any atom is 0.408 e. The lowest BCUT2D eigenvalue weighted by Gasteiger charge is -2.31. The van der Waals surface area contributed by atoms with Crippen molar-refractivity contribution in [1.29, 1.82) is 0 Å². The average Bonchev–Trinajstić information content (AvgIpc) is 3.70. The number of hydrogen-bond acceptors (Lipinski definition) is 9. The summed E-state index contributed by atoms with van der Waals surface area (Å²) < 4.78 is 77.7. The van der Waals surface area contributed by atoms with E-state index in [1.807, 2.05) is 0 Å². The number of alkyl halides is 3. The second-order valence-corrected chi connectivity index (χ2v) is 12.2. The number of fused-ring (bicyclic) bond motifs is 1. The number of furan rings is 1. The molecule has 9 nitrogen and oxygen atoms in total. The van der Waals surface area contributed by atoms with Crippen LogP contribution in [0.4, 0.5) is 17.6 Å². The monoisotopic (exact) mass is 704 g/mol. The molecule has 5 rings (SSSR count). The third kappa shape index (κ3) is 7.06. The molecule has 0 aliphatic carbocycles. The van der Waals surface area contributed by atoms with E-state index in [2.05, 4.69) is 31.0 Å². The molecule has 0 N–H and O–H groups in total. The van der Waals surface area contributed by atoms with Crippen molar-refractivity contribution < 1.29 is 41.0 Å². The maximum absolute atomic E-state index is 13.6. The molecule has 0 bridgehead atoms. The highest BCUT2D eigenvalue weighted by Crippen LogP contribution is 2.45. The molecule has 232 valence electrons. The van der Waals surface area contributed by atoms with Crippen molar-refractivity contribution in [3.8, 4) is 22.3 Å². The van der Waals surface area contributed by atoms with Crippen LogP contribution < -0.4 is 9.47 Å². The summed E-state index contributed by atoms with van der Waals surface area (Å²) >= 11 is 4.74. The molecule has 45 heavy (non-hydrogen) atoms. The van der Waals surface area contributed by atoms with Crippen LogP contribution in [0.2, 0.25) is 0 Å². The largest absolute Gasteiger partial charge is 0.499 e. The van der Waals surface area contributed by atoms with Crippen molar-refractivity contribution >= 4 is 67.0 Å². The zero-order valence-electron chi connectivity index (χ0n) is 24.4. The van der Waals surface area contributed by atoms with Crippen molar-refractivity contribution in [2.75, 3.05) is 6.61 Å². The van der Waals surface area contributed by atoms with Gasteiger partial charge in [0.15, 0.2) is 21.8 Å². The van der Waals surface area contributed by atoms with Gasteiger partial charge >= 0.3 is 12.1 Å². The van der Waals surface area contributed by atoms with E-state index in [1.54, 1.807) is 54.7 Å². The molecule has 1 aromatic carbocycles. The van der Waals surface area contributed by atoms with Crippen LogP contribution in [0.3, 0.4) is 0 Å². The van der Waals surface area contributed by atoms with Gasteiger partial charge in [-0.2, -0.15) is 22.7 Å². The number of ether oxygens (including phenoxy) is 3. The minimum Gasteiger partial charge on any atom is -0.499 e. The minimum absolute atomic E-state index is 0.0705. The summed E-state index contributed by atoms with van der Waals surface area (Å²) in [6, 6.07) is 10.2. The van der Waals surface area contributed by atoms with Crippen molar-refractivity contribution in [3.05, 3.63) is 76.7 Å². The highest BCUT2D eigenvalue weighted by Gasteiger charge is 2.36. The van der Waals surface area contributed by atoms with E-state index >= 15 is 0 Å². The summed E-state index contributed by atoms with van der Waals surface area (Å²) in [5, 5.41) is 3.03. The van der Waals surface area contributed by atoms with Crippen LogP contribution >= 0.6 is 27.3 Å². The van der Waals surface area contributed by atoms with Gasteiger partial charge in [0.25, 0.3) is 6.01 Å². The summed E-state index contributed by atoms with van der Waals surface area (Å²) in [4.78, 5) is 23.0. The maximum atomic E-state index is 13.6. The second kappa shape index (κ2) is 12.9. The number of para-hydroxylation sites is 1. The predicted octanol–water partition coefficient (Wildman–Crippen LogP) is 3.75. The summed E-state index contributed by atoms with van der Waals surface area (Å²) in [6.07, 6.45) is -3.15. The molecule has 0 aliphatic rings. The molecule has 0 amide bonds. The zero-order chi connectivity index (χ0) is 32.5. The Morgan fingerprint density at radius 2 is 1.91 bits per heavy atom.